The maximum Gasteiger partial charge on any atom is 0.149 e. The molecule has 17 heavy (non-hydrogen) atoms. The molecule has 0 amide bonds. The molecule has 0 saturated carbocycles. The molecule has 0 radical (unpaired) electrons. The van der Waals surface area contributed by atoms with Crippen LogP contribution in [-0.4, -0.2) is 5.17 Å². The first-order valence-electron chi connectivity index (χ1n) is 5.74. The third kappa shape index (κ3) is 2.80. The molecule has 2 rings (SSSR count). The van der Waals surface area contributed by atoms with Crippen LogP contribution < -0.4 is 11.2 Å². The summed E-state index contributed by atoms with van der Waals surface area (Å²) in [6.45, 7) is 3.85. The zero-order valence-electron chi connectivity index (χ0n) is 9.67. The van der Waals surface area contributed by atoms with Gasteiger partial charge < -0.3 is 5.73 Å². The molecule has 0 spiro atoms. The molecule has 0 fully saturated rings. The Morgan fingerprint density at radius 2 is 2.24 bits per heavy atom. The molecule has 0 aromatic rings. The molecule has 3 nitrogen and oxygen atoms in total. The summed E-state index contributed by atoms with van der Waals surface area (Å²) in [5.74, 6) is 0. The summed E-state index contributed by atoms with van der Waals surface area (Å²) < 4.78 is 0. The van der Waals surface area contributed by atoms with E-state index in [0.29, 0.717) is 10.9 Å². The largest absolute Gasteiger partial charge is 0.399 e. The monoisotopic (exact) mass is 249 g/mol. The van der Waals surface area contributed by atoms with Gasteiger partial charge in [0.2, 0.25) is 0 Å². The molecule has 1 aliphatic carbocycles. The van der Waals surface area contributed by atoms with Gasteiger partial charge >= 0.3 is 0 Å². The van der Waals surface area contributed by atoms with Crippen molar-refractivity contribution in [3.8, 4) is 0 Å². The standard InChI is InChI=1S/C13H16ClN3/c1-9(15)13(10-5-3-2-4-6-10)11-7-8-12(14)17-16-11/h5,7-8,16H,1-4,6,15H2/b13-11+. The third-order valence-electron chi connectivity index (χ3n) is 2.87. The fourth-order valence-corrected chi connectivity index (χ4v) is 2.20. The minimum absolute atomic E-state index is 0.438. The zero-order valence-corrected chi connectivity index (χ0v) is 10.4. The molecular weight excluding hydrogens is 234 g/mol. The van der Waals surface area contributed by atoms with E-state index in [2.05, 4.69) is 23.2 Å². The van der Waals surface area contributed by atoms with Gasteiger partial charge in [0.15, 0.2) is 0 Å². The van der Waals surface area contributed by atoms with Crippen LogP contribution in [0.15, 0.2) is 52.4 Å². The SMILES string of the molecule is C=C(N)/C(C1=CCCCC1)=C1/C=CC(Cl)=NN1. The number of nitrogens with one attached hydrogen (secondary N) is 1. The number of nitrogens with two attached hydrogens (primary N) is 1. The molecule has 0 aromatic heterocycles. The molecular formula is C13H16ClN3. The average Bonchev–Trinajstić information content (AvgIpc) is 2.33. The Bertz CT molecular complexity index is 455. The first-order valence-corrected chi connectivity index (χ1v) is 6.12. The second-order valence-corrected chi connectivity index (χ2v) is 4.56. The lowest BCUT2D eigenvalue weighted by Gasteiger charge is -2.20. The summed E-state index contributed by atoms with van der Waals surface area (Å²) in [6.07, 6.45) is 10.5. The van der Waals surface area contributed by atoms with E-state index < -0.39 is 0 Å². The van der Waals surface area contributed by atoms with Crippen molar-refractivity contribution in [2.45, 2.75) is 25.7 Å². The number of halogens is 1. The number of hydrazone groups is 1. The van der Waals surface area contributed by atoms with Crippen LogP contribution in [0, 0.1) is 0 Å². The van der Waals surface area contributed by atoms with E-state index >= 15 is 0 Å². The van der Waals surface area contributed by atoms with Gasteiger partial charge in [-0.25, -0.2) is 0 Å². The van der Waals surface area contributed by atoms with Gasteiger partial charge in [0.25, 0.3) is 0 Å². The Hall–Kier alpha value is -1.48. The van der Waals surface area contributed by atoms with Gasteiger partial charge in [-0.2, -0.15) is 5.10 Å². The number of hydrogen-bond donors (Lipinski definition) is 2. The normalized spacial score (nSPS) is 22.4. The smallest absolute Gasteiger partial charge is 0.149 e. The van der Waals surface area contributed by atoms with Crippen LogP contribution in [-0.2, 0) is 0 Å². The van der Waals surface area contributed by atoms with Crippen LogP contribution in [0.25, 0.3) is 0 Å². The zero-order chi connectivity index (χ0) is 12.3. The van der Waals surface area contributed by atoms with Crippen molar-refractivity contribution in [1.82, 2.24) is 5.43 Å². The fourth-order valence-electron chi connectivity index (χ4n) is 2.10. The molecule has 0 atom stereocenters. The van der Waals surface area contributed by atoms with Gasteiger partial charge in [0, 0.05) is 11.3 Å². The van der Waals surface area contributed by atoms with Crippen LogP contribution in [0.5, 0.6) is 0 Å². The second kappa shape index (κ2) is 5.23. The highest BCUT2D eigenvalue weighted by molar-refractivity contribution is 6.68. The van der Waals surface area contributed by atoms with Gasteiger partial charge in [-0.15, -0.1) is 0 Å². The Morgan fingerprint density at radius 3 is 2.76 bits per heavy atom. The average molecular weight is 250 g/mol. The number of hydrogen-bond acceptors (Lipinski definition) is 3. The van der Waals surface area contributed by atoms with Crippen molar-refractivity contribution in [3.63, 3.8) is 0 Å². The van der Waals surface area contributed by atoms with Gasteiger partial charge in [0.05, 0.1) is 5.70 Å². The number of rotatable bonds is 2. The van der Waals surface area contributed by atoms with Crippen molar-refractivity contribution in [3.05, 3.63) is 47.3 Å². The topological polar surface area (TPSA) is 50.4 Å². The molecule has 90 valence electrons. The van der Waals surface area contributed by atoms with E-state index in [0.717, 1.165) is 24.1 Å². The lowest BCUT2D eigenvalue weighted by molar-refractivity contribution is 0.703. The van der Waals surface area contributed by atoms with Crippen LogP contribution in [0.2, 0.25) is 0 Å². The molecule has 3 N–H and O–H groups in total. The van der Waals surface area contributed by atoms with Crippen molar-refractivity contribution in [1.29, 1.82) is 0 Å². The van der Waals surface area contributed by atoms with Crippen LogP contribution in [0.1, 0.15) is 25.7 Å². The quantitative estimate of drug-likeness (QED) is 0.791. The Balaban J connectivity index is 2.36. The molecule has 1 aliphatic heterocycles. The van der Waals surface area contributed by atoms with Gasteiger partial charge in [-0.3, -0.25) is 5.43 Å². The Labute approximate surface area is 106 Å². The predicted octanol–water partition coefficient (Wildman–Crippen LogP) is 2.93. The highest BCUT2D eigenvalue weighted by Gasteiger charge is 2.15. The maximum absolute atomic E-state index is 5.88. The van der Waals surface area contributed by atoms with E-state index in [-0.39, 0.29) is 0 Å². The summed E-state index contributed by atoms with van der Waals surface area (Å²) in [5.41, 5.74) is 12.5. The van der Waals surface area contributed by atoms with Crippen LogP contribution >= 0.6 is 11.6 Å². The molecule has 0 saturated heterocycles. The molecule has 4 heteroatoms. The Kier molecular flexibility index (Phi) is 3.69. The highest BCUT2D eigenvalue weighted by atomic mass is 35.5. The van der Waals surface area contributed by atoms with E-state index in [4.69, 9.17) is 17.3 Å². The first-order chi connectivity index (χ1) is 8.18. The minimum Gasteiger partial charge on any atom is -0.399 e. The van der Waals surface area contributed by atoms with Gasteiger partial charge in [-0.1, -0.05) is 24.3 Å². The highest BCUT2D eigenvalue weighted by Crippen LogP contribution is 2.29. The van der Waals surface area contributed by atoms with Crippen molar-refractivity contribution < 1.29 is 0 Å². The van der Waals surface area contributed by atoms with Crippen molar-refractivity contribution in [2.75, 3.05) is 0 Å². The van der Waals surface area contributed by atoms with Crippen molar-refractivity contribution >= 4 is 16.8 Å². The molecule has 0 unspecified atom stereocenters. The van der Waals surface area contributed by atoms with E-state index in [9.17, 15) is 0 Å². The number of allylic oxidation sites excluding steroid dienone is 4. The lowest BCUT2D eigenvalue weighted by atomic mass is 9.91. The van der Waals surface area contributed by atoms with Crippen LogP contribution in [0.4, 0.5) is 0 Å². The van der Waals surface area contributed by atoms with Gasteiger partial charge in [0.1, 0.15) is 5.17 Å². The van der Waals surface area contributed by atoms with E-state index in [1.54, 1.807) is 6.08 Å². The minimum atomic E-state index is 0.438. The summed E-state index contributed by atoms with van der Waals surface area (Å²) in [5, 5.41) is 4.41. The summed E-state index contributed by atoms with van der Waals surface area (Å²) in [7, 11) is 0. The summed E-state index contributed by atoms with van der Waals surface area (Å²) in [6, 6.07) is 0. The Morgan fingerprint density at radius 1 is 1.41 bits per heavy atom. The van der Waals surface area contributed by atoms with E-state index in [1.807, 2.05) is 6.08 Å². The lowest BCUT2D eigenvalue weighted by Crippen LogP contribution is -2.17. The van der Waals surface area contributed by atoms with Crippen molar-refractivity contribution in [2.24, 2.45) is 10.8 Å². The van der Waals surface area contributed by atoms with Gasteiger partial charge in [-0.05, 0) is 43.4 Å². The number of nitrogens with zero attached hydrogens (tertiary/aromatic N) is 1. The predicted molar refractivity (Wildman–Crippen MR) is 72.5 cm³/mol. The molecule has 1 heterocycles. The summed E-state index contributed by atoms with van der Waals surface area (Å²) in [4.78, 5) is 0. The summed E-state index contributed by atoms with van der Waals surface area (Å²) >= 11 is 5.76. The fraction of sp³-hybridized carbons (Fsp3) is 0.308. The van der Waals surface area contributed by atoms with Crippen LogP contribution in [0.3, 0.4) is 0 Å². The molecule has 0 aromatic carbocycles. The molecule has 0 bridgehead atoms. The molecule has 2 aliphatic rings. The second-order valence-electron chi connectivity index (χ2n) is 4.17. The third-order valence-corrected chi connectivity index (χ3v) is 3.08. The van der Waals surface area contributed by atoms with E-state index in [1.165, 1.54) is 18.4 Å². The first kappa shape index (κ1) is 12.0. The maximum atomic E-state index is 5.88.